The van der Waals surface area contributed by atoms with Crippen LogP contribution in [0, 0.1) is 18.3 Å². The molecule has 0 aliphatic carbocycles. The molecule has 0 saturated carbocycles. The molecule has 3 aromatic rings. The van der Waals surface area contributed by atoms with Crippen molar-refractivity contribution in [1.82, 2.24) is 14.2 Å². The zero-order valence-electron chi connectivity index (χ0n) is 9.75. The molecule has 0 amide bonds. The van der Waals surface area contributed by atoms with Gasteiger partial charge >= 0.3 is 0 Å². The van der Waals surface area contributed by atoms with Crippen LogP contribution in [0.25, 0.3) is 15.7 Å². The Labute approximate surface area is 107 Å². The van der Waals surface area contributed by atoms with E-state index in [2.05, 4.69) is 5.10 Å². The molecule has 3 aromatic heterocycles. The van der Waals surface area contributed by atoms with Crippen molar-refractivity contribution in [2.75, 3.05) is 0 Å². The van der Waals surface area contributed by atoms with Gasteiger partial charge in [0.05, 0.1) is 29.3 Å². The lowest BCUT2D eigenvalue weighted by Crippen LogP contribution is -2.26. The number of rotatable bonds is 2. The fourth-order valence-electron chi connectivity index (χ4n) is 2.14. The molecule has 0 aliphatic rings. The summed E-state index contributed by atoms with van der Waals surface area (Å²) in [4.78, 5) is 12.2. The minimum Gasteiger partial charge on any atom is -0.291 e. The summed E-state index contributed by atoms with van der Waals surface area (Å²) in [6.45, 7) is 2.21. The van der Waals surface area contributed by atoms with Crippen LogP contribution in [-0.4, -0.2) is 14.2 Å². The molecule has 0 aromatic carbocycles. The van der Waals surface area contributed by atoms with Gasteiger partial charge in [-0.3, -0.25) is 9.20 Å². The second-order valence-electron chi connectivity index (χ2n) is 4.02. The molecule has 0 unspecified atom stereocenters. The van der Waals surface area contributed by atoms with Gasteiger partial charge in [-0.2, -0.15) is 10.4 Å². The molecule has 0 saturated heterocycles. The molecule has 3 heterocycles. The van der Waals surface area contributed by atoms with E-state index in [-0.39, 0.29) is 12.0 Å². The number of nitrogens with zero attached hydrogens (tertiary/aromatic N) is 4. The maximum atomic E-state index is 12.2. The fraction of sp³-hybridized carbons (Fsp3) is 0.250. The van der Waals surface area contributed by atoms with Gasteiger partial charge in [-0.05, 0) is 24.4 Å². The number of nitriles is 1. The monoisotopic (exact) mass is 258 g/mol. The zero-order valence-corrected chi connectivity index (χ0v) is 10.6. The van der Waals surface area contributed by atoms with Crippen molar-refractivity contribution in [2.24, 2.45) is 0 Å². The molecule has 90 valence electrons. The Morgan fingerprint density at radius 2 is 2.33 bits per heavy atom. The summed E-state index contributed by atoms with van der Waals surface area (Å²) >= 11 is 1.61. The van der Waals surface area contributed by atoms with Crippen molar-refractivity contribution in [3.05, 3.63) is 33.7 Å². The SMILES string of the molecule is Cc1nn(CCC#N)c(=O)c2cc3sccc3n12. The van der Waals surface area contributed by atoms with Gasteiger partial charge in [-0.15, -0.1) is 11.3 Å². The predicted octanol–water partition coefficient (Wildman–Crippen LogP) is 1.93. The van der Waals surface area contributed by atoms with Gasteiger partial charge < -0.3 is 0 Å². The Hall–Kier alpha value is -2.13. The highest BCUT2D eigenvalue weighted by atomic mass is 32.1. The van der Waals surface area contributed by atoms with E-state index in [1.807, 2.05) is 34.9 Å². The molecule has 3 rings (SSSR count). The fourth-order valence-corrected chi connectivity index (χ4v) is 2.94. The average Bonchev–Trinajstić information content (AvgIpc) is 2.91. The van der Waals surface area contributed by atoms with Crippen molar-refractivity contribution in [1.29, 1.82) is 5.26 Å². The summed E-state index contributed by atoms with van der Waals surface area (Å²) in [5.41, 5.74) is 1.51. The van der Waals surface area contributed by atoms with Crippen LogP contribution < -0.4 is 5.56 Å². The number of hydrogen-bond donors (Lipinski definition) is 0. The maximum Gasteiger partial charge on any atom is 0.291 e. The van der Waals surface area contributed by atoms with Crippen molar-refractivity contribution >= 4 is 27.1 Å². The van der Waals surface area contributed by atoms with Crippen molar-refractivity contribution in [2.45, 2.75) is 19.9 Å². The number of aryl methyl sites for hydroxylation is 2. The largest absolute Gasteiger partial charge is 0.291 e. The van der Waals surface area contributed by atoms with E-state index in [0.29, 0.717) is 12.1 Å². The quantitative estimate of drug-likeness (QED) is 0.705. The van der Waals surface area contributed by atoms with E-state index >= 15 is 0 Å². The molecule has 0 radical (unpaired) electrons. The van der Waals surface area contributed by atoms with Gasteiger partial charge in [-0.25, -0.2) is 4.68 Å². The molecule has 0 N–H and O–H groups in total. The highest BCUT2D eigenvalue weighted by molar-refractivity contribution is 7.17. The molecule has 0 aliphatic heterocycles. The first-order valence-corrected chi connectivity index (χ1v) is 6.43. The van der Waals surface area contributed by atoms with Crippen LogP contribution in [-0.2, 0) is 6.54 Å². The molecule has 0 spiro atoms. The predicted molar refractivity (Wildman–Crippen MR) is 69.8 cm³/mol. The Morgan fingerprint density at radius 3 is 3.11 bits per heavy atom. The Balaban J connectivity index is 2.35. The molecule has 6 heteroatoms. The lowest BCUT2D eigenvalue weighted by Gasteiger charge is -2.06. The van der Waals surface area contributed by atoms with Crippen LogP contribution in [0.4, 0.5) is 0 Å². The summed E-state index contributed by atoms with van der Waals surface area (Å²) in [5.74, 6) is 0.760. The summed E-state index contributed by atoms with van der Waals surface area (Å²) in [7, 11) is 0. The van der Waals surface area contributed by atoms with Crippen LogP contribution in [0.3, 0.4) is 0 Å². The molecule has 0 bridgehead atoms. The third-order valence-electron chi connectivity index (χ3n) is 2.90. The standard InChI is InChI=1S/C12H10N4OS/c1-8-14-15(5-2-4-13)12(17)10-7-11-9(16(8)10)3-6-18-11/h3,6-7H,2,5H2,1H3. The number of aromatic nitrogens is 3. The highest BCUT2D eigenvalue weighted by Gasteiger charge is 2.12. The Kier molecular flexibility index (Phi) is 2.42. The van der Waals surface area contributed by atoms with Crippen molar-refractivity contribution in [3.8, 4) is 6.07 Å². The summed E-state index contributed by atoms with van der Waals surface area (Å²) < 4.78 is 4.32. The van der Waals surface area contributed by atoms with Gasteiger partial charge in [0.15, 0.2) is 0 Å². The molecular formula is C12H10N4OS. The number of hydrogen-bond acceptors (Lipinski definition) is 4. The molecule has 0 fully saturated rings. The zero-order chi connectivity index (χ0) is 12.7. The van der Waals surface area contributed by atoms with Gasteiger partial charge in [0.2, 0.25) is 0 Å². The summed E-state index contributed by atoms with van der Waals surface area (Å²) in [6.07, 6.45) is 0.289. The lowest BCUT2D eigenvalue weighted by atomic mass is 10.4. The molecule has 18 heavy (non-hydrogen) atoms. The third-order valence-corrected chi connectivity index (χ3v) is 3.75. The molecular weight excluding hydrogens is 248 g/mol. The van der Waals surface area contributed by atoms with Crippen LogP contribution in [0.2, 0.25) is 0 Å². The van der Waals surface area contributed by atoms with Crippen molar-refractivity contribution in [3.63, 3.8) is 0 Å². The number of fused-ring (bicyclic) bond motifs is 3. The molecule has 5 nitrogen and oxygen atoms in total. The van der Waals surface area contributed by atoms with Crippen LogP contribution in [0.15, 0.2) is 22.3 Å². The van der Waals surface area contributed by atoms with Crippen molar-refractivity contribution < 1.29 is 0 Å². The van der Waals surface area contributed by atoms with Gasteiger partial charge in [-0.1, -0.05) is 0 Å². The average molecular weight is 258 g/mol. The minimum atomic E-state index is -0.140. The Bertz CT molecular complexity index is 833. The van der Waals surface area contributed by atoms with E-state index in [4.69, 9.17) is 5.26 Å². The van der Waals surface area contributed by atoms with E-state index in [0.717, 1.165) is 16.0 Å². The van der Waals surface area contributed by atoms with Crippen LogP contribution in [0.5, 0.6) is 0 Å². The van der Waals surface area contributed by atoms with Gasteiger partial charge in [0.25, 0.3) is 5.56 Å². The highest BCUT2D eigenvalue weighted by Crippen LogP contribution is 2.24. The van der Waals surface area contributed by atoms with E-state index in [9.17, 15) is 4.79 Å². The second kappa shape index (κ2) is 3.96. The van der Waals surface area contributed by atoms with Gasteiger partial charge in [0.1, 0.15) is 11.3 Å². The number of thiophene rings is 1. The first-order valence-electron chi connectivity index (χ1n) is 5.55. The first kappa shape index (κ1) is 11.0. The van der Waals surface area contributed by atoms with E-state index < -0.39 is 0 Å². The van der Waals surface area contributed by atoms with E-state index in [1.54, 1.807) is 11.3 Å². The topological polar surface area (TPSA) is 63.1 Å². The van der Waals surface area contributed by atoms with Crippen LogP contribution in [0.1, 0.15) is 12.2 Å². The van der Waals surface area contributed by atoms with Gasteiger partial charge in [0, 0.05) is 0 Å². The summed E-state index contributed by atoms with van der Waals surface area (Å²) in [5, 5.41) is 14.8. The molecule has 0 atom stereocenters. The van der Waals surface area contributed by atoms with Crippen LogP contribution >= 0.6 is 11.3 Å². The normalized spacial score (nSPS) is 11.1. The second-order valence-corrected chi connectivity index (χ2v) is 4.97. The lowest BCUT2D eigenvalue weighted by molar-refractivity contribution is 0.571. The minimum absolute atomic E-state index is 0.140. The third kappa shape index (κ3) is 1.45. The Morgan fingerprint density at radius 1 is 1.50 bits per heavy atom. The van der Waals surface area contributed by atoms with E-state index in [1.165, 1.54) is 4.68 Å². The maximum absolute atomic E-state index is 12.2. The smallest absolute Gasteiger partial charge is 0.291 e. The summed E-state index contributed by atoms with van der Waals surface area (Å²) in [6, 6.07) is 5.90. The first-order chi connectivity index (χ1) is 8.72.